The standard InChI is InChI=1S/C11H15N5/c12-10(13)9-11(15-4-3-14-9)16-6-7-1-2-8(16)5-7/h3-4,7-8H,1-2,5-6H2,(H3,12,13). The Morgan fingerprint density at radius 1 is 1.38 bits per heavy atom. The Balaban J connectivity index is 1.97. The summed E-state index contributed by atoms with van der Waals surface area (Å²) in [6.07, 6.45) is 7.09. The molecule has 2 atom stereocenters. The van der Waals surface area contributed by atoms with Crippen molar-refractivity contribution < 1.29 is 0 Å². The Labute approximate surface area is 94.2 Å². The summed E-state index contributed by atoms with van der Waals surface area (Å²) in [4.78, 5) is 10.8. The van der Waals surface area contributed by atoms with Gasteiger partial charge in [-0.1, -0.05) is 0 Å². The smallest absolute Gasteiger partial charge is 0.158 e. The molecule has 84 valence electrons. The Morgan fingerprint density at radius 2 is 2.19 bits per heavy atom. The molecule has 1 aromatic rings. The molecule has 2 fully saturated rings. The van der Waals surface area contributed by atoms with E-state index in [9.17, 15) is 0 Å². The number of nitrogens with two attached hydrogens (primary N) is 1. The van der Waals surface area contributed by atoms with Gasteiger partial charge in [0.2, 0.25) is 0 Å². The van der Waals surface area contributed by atoms with Crippen molar-refractivity contribution >= 4 is 11.7 Å². The van der Waals surface area contributed by atoms with E-state index in [2.05, 4.69) is 14.9 Å². The number of fused-ring (bicyclic) bond motifs is 2. The molecule has 3 rings (SSSR count). The lowest BCUT2D eigenvalue weighted by atomic mass is 10.1. The minimum absolute atomic E-state index is 0.00544. The van der Waals surface area contributed by atoms with E-state index < -0.39 is 0 Å². The van der Waals surface area contributed by atoms with Crippen molar-refractivity contribution in [3.8, 4) is 0 Å². The molecule has 0 aromatic carbocycles. The molecule has 5 nitrogen and oxygen atoms in total. The number of hydrogen-bond acceptors (Lipinski definition) is 4. The first-order valence-corrected chi connectivity index (χ1v) is 5.67. The second-order valence-electron chi connectivity index (χ2n) is 4.63. The Kier molecular flexibility index (Phi) is 2.05. The number of hydrogen-bond donors (Lipinski definition) is 2. The van der Waals surface area contributed by atoms with Crippen LogP contribution in [-0.2, 0) is 0 Å². The summed E-state index contributed by atoms with van der Waals surface area (Å²) in [5.74, 6) is 1.60. The van der Waals surface area contributed by atoms with Crippen molar-refractivity contribution in [2.45, 2.75) is 25.3 Å². The van der Waals surface area contributed by atoms with E-state index in [0.29, 0.717) is 11.7 Å². The maximum atomic E-state index is 7.52. The third-order valence-electron chi connectivity index (χ3n) is 3.62. The highest BCUT2D eigenvalue weighted by molar-refractivity contribution is 5.97. The van der Waals surface area contributed by atoms with Gasteiger partial charge in [0.1, 0.15) is 11.5 Å². The lowest BCUT2D eigenvalue weighted by Crippen LogP contribution is -2.34. The van der Waals surface area contributed by atoms with Crippen molar-refractivity contribution in [2.75, 3.05) is 11.4 Å². The predicted octanol–water partition coefficient (Wildman–Crippen LogP) is 0.749. The van der Waals surface area contributed by atoms with Gasteiger partial charge in [0.05, 0.1) is 0 Å². The van der Waals surface area contributed by atoms with Crippen LogP contribution in [0.4, 0.5) is 5.82 Å². The van der Waals surface area contributed by atoms with Crippen molar-refractivity contribution in [3.05, 3.63) is 18.1 Å². The first-order chi connectivity index (χ1) is 7.75. The van der Waals surface area contributed by atoms with Gasteiger partial charge >= 0.3 is 0 Å². The first-order valence-electron chi connectivity index (χ1n) is 5.67. The van der Waals surface area contributed by atoms with Gasteiger partial charge in [-0.25, -0.2) is 9.97 Å². The molecule has 1 saturated carbocycles. The topological polar surface area (TPSA) is 78.9 Å². The van der Waals surface area contributed by atoms with Crippen LogP contribution in [0.3, 0.4) is 0 Å². The van der Waals surface area contributed by atoms with Crippen LogP contribution in [-0.4, -0.2) is 28.4 Å². The van der Waals surface area contributed by atoms with Crippen molar-refractivity contribution in [2.24, 2.45) is 11.7 Å². The summed E-state index contributed by atoms with van der Waals surface area (Å²) in [5.41, 5.74) is 6.06. The van der Waals surface area contributed by atoms with Crippen LogP contribution in [0.2, 0.25) is 0 Å². The Morgan fingerprint density at radius 3 is 2.81 bits per heavy atom. The summed E-state index contributed by atoms with van der Waals surface area (Å²) >= 11 is 0. The maximum Gasteiger partial charge on any atom is 0.158 e. The average Bonchev–Trinajstić information content (AvgIpc) is 2.90. The summed E-state index contributed by atoms with van der Waals surface area (Å²) in [6, 6.07) is 0.583. The fourth-order valence-electron chi connectivity index (χ4n) is 2.91. The van der Waals surface area contributed by atoms with E-state index in [4.69, 9.17) is 11.1 Å². The van der Waals surface area contributed by atoms with Crippen LogP contribution in [0.15, 0.2) is 12.4 Å². The SMILES string of the molecule is N=C(N)c1nccnc1N1CC2CCC1C2. The second kappa shape index (κ2) is 3.43. The summed E-state index contributed by atoms with van der Waals surface area (Å²) in [7, 11) is 0. The van der Waals surface area contributed by atoms with Gasteiger partial charge in [0.15, 0.2) is 5.82 Å². The van der Waals surface area contributed by atoms with Crippen LogP contribution in [0.1, 0.15) is 25.0 Å². The molecule has 1 saturated heterocycles. The highest BCUT2D eigenvalue weighted by atomic mass is 15.3. The van der Waals surface area contributed by atoms with Gasteiger partial charge in [-0.3, -0.25) is 5.41 Å². The summed E-state index contributed by atoms with van der Waals surface area (Å²) in [5, 5.41) is 7.52. The molecule has 0 radical (unpaired) electrons. The normalized spacial score (nSPS) is 27.4. The van der Waals surface area contributed by atoms with E-state index in [1.807, 2.05) is 0 Å². The zero-order chi connectivity index (χ0) is 11.1. The maximum absolute atomic E-state index is 7.52. The van der Waals surface area contributed by atoms with Crippen molar-refractivity contribution in [1.29, 1.82) is 5.41 Å². The van der Waals surface area contributed by atoms with E-state index in [-0.39, 0.29) is 5.84 Å². The van der Waals surface area contributed by atoms with Gasteiger partial charge in [-0.2, -0.15) is 0 Å². The van der Waals surface area contributed by atoms with Crippen LogP contribution >= 0.6 is 0 Å². The van der Waals surface area contributed by atoms with Gasteiger partial charge in [-0.15, -0.1) is 0 Å². The van der Waals surface area contributed by atoms with Crippen LogP contribution < -0.4 is 10.6 Å². The monoisotopic (exact) mass is 217 g/mol. The van der Waals surface area contributed by atoms with E-state index in [0.717, 1.165) is 18.3 Å². The third-order valence-corrected chi connectivity index (χ3v) is 3.62. The largest absolute Gasteiger partial charge is 0.382 e. The van der Waals surface area contributed by atoms with E-state index in [1.165, 1.54) is 19.3 Å². The number of anilines is 1. The number of rotatable bonds is 2. The number of nitrogen functional groups attached to an aromatic ring is 1. The lowest BCUT2D eigenvalue weighted by molar-refractivity contribution is 0.549. The van der Waals surface area contributed by atoms with Crippen molar-refractivity contribution in [1.82, 2.24) is 9.97 Å². The number of amidine groups is 1. The van der Waals surface area contributed by atoms with Crippen LogP contribution in [0.25, 0.3) is 0 Å². The Bertz CT molecular complexity index is 430. The minimum atomic E-state index is 0.00544. The molecular weight excluding hydrogens is 202 g/mol. The second-order valence-corrected chi connectivity index (χ2v) is 4.63. The summed E-state index contributed by atoms with van der Waals surface area (Å²) < 4.78 is 0. The van der Waals surface area contributed by atoms with Crippen LogP contribution in [0, 0.1) is 11.3 Å². The highest BCUT2D eigenvalue weighted by Gasteiger charge is 2.39. The fourth-order valence-corrected chi connectivity index (χ4v) is 2.91. The zero-order valence-electron chi connectivity index (χ0n) is 9.06. The molecule has 1 aromatic heterocycles. The molecule has 0 amide bonds. The molecule has 5 heteroatoms. The van der Waals surface area contributed by atoms with Crippen molar-refractivity contribution in [3.63, 3.8) is 0 Å². The molecule has 16 heavy (non-hydrogen) atoms. The lowest BCUT2D eigenvalue weighted by Gasteiger charge is -2.28. The minimum Gasteiger partial charge on any atom is -0.382 e. The number of aromatic nitrogens is 2. The molecule has 1 aliphatic heterocycles. The van der Waals surface area contributed by atoms with Crippen LogP contribution in [0.5, 0.6) is 0 Å². The quantitative estimate of drug-likeness (QED) is 0.566. The first kappa shape index (κ1) is 9.57. The van der Waals surface area contributed by atoms with E-state index >= 15 is 0 Å². The average molecular weight is 217 g/mol. The van der Waals surface area contributed by atoms with E-state index in [1.54, 1.807) is 12.4 Å². The molecule has 3 N–H and O–H groups in total. The number of piperidine rings is 1. The van der Waals surface area contributed by atoms with Gasteiger partial charge in [0, 0.05) is 25.0 Å². The van der Waals surface area contributed by atoms with Gasteiger partial charge in [-0.05, 0) is 25.2 Å². The molecule has 0 spiro atoms. The molecule has 1 aliphatic carbocycles. The highest BCUT2D eigenvalue weighted by Crippen LogP contribution is 2.39. The Hall–Kier alpha value is -1.65. The predicted molar refractivity (Wildman–Crippen MR) is 61.5 cm³/mol. The number of nitrogens with one attached hydrogen (secondary N) is 1. The molecule has 2 unspecified atom stereocenters. The summed E-state index contributed by atoms with van der Waals surface area (Å²) in [6.45, 7) is 1.05. The molecule has 2 heterocycles. The molecule has 2 aliphatic rings. The van der Waals surface area contributed by atoms with Gasteiger partial charge < -0.3 is 10.6 Å². The third kappa shape index (κ3) is 1.35. The van der Waals surface area contributed by atoms with Gasteiger partial charge in [0.25, 0.3) is 0 Å². The number of nitrogens with zero attached hydrogens (tertiary/aromatic N) is 3. The molecule has 2 bridgehead atoms. The zero-order valence-corrected chi connectivity index (χ0v) is 9.06. The fraction of sp³-hybridized carbons (Fsp3) is 0.545. The molecular formula is C11H15N5.